The van der Waals surface area contributed by atoms with Crippen LogP contribution in [0.2, 0.25) is 0 Å². The van der Waals surface area contributed by atoms with Crippen LogP contribution in [-0.2, 0) is 31.7 Å². The number of fused-ring (bicyclic) bond motifs is 4. The molecule has 4 aliphatic heterocycles. The van der Waals surface area contributed by atoms with Gasteiger partial charge in [0.1, 0.15) is 23.9 Å². The van der Waals surface area contributed by atoms with Crippen molar-refractivity contribution in [1.29, 1.82) is 5.26 Å². The number of benzene rings is 4. The van der Waals surface area contributed by atoms with Crippen molar-refractivity contribution in [2.24, 2.45) is 16.6 Å². The number of nitrogens with two attached hydrogens (primary N) is 2. The van der Waals surface area contributed by atoms with E-state index in [4.69, 9.17) is 50.1 Å². The zero-order chi connectivity index (χ0) is 81.0. The van der Waals surface area contributed by atoms with Gasteiger partial charge in [0.25, 0.3) is 58.3 Å². The van der Waals surface area contributed by atoms with Crippen LogP contribution in [0, 0.1) is 31.4 Å². The second-order valence-electron chi connectivity index (χ2n) is 23.5. The van der Waals surface area contributed by atoms with E-state index >= 15 is 0 Å². The van der Waals surface area contributed by atoms with Gasteiger partial charge < -0.3 is 38.0 Å². The van der Waals surface area contributed by atoms with Gasteiger partial charge in [0.15, 0.2) is 23.3 Å². The van der Waals surface area contributed by atoms with E-state index in [-0.39, 0.29) is 80.4 Å². The molecule has 0 unspecified atom stereocenters. The summed E-state index contributed by atoms with van der Waals surface area (Å²) in [5, 5.41) is 20.3. The molecule has 0 saturated heterocycles. The summed E-state index contributed by atoms with van der Waals surface area (Å²) in [6, 6.07) is 34.0. The molecule has 13 rings (SSSR count). The molecular formula is C73H69ClKN19O14S3. The molecule has 0 aliphatic carbocycles. The number of halogens is 1. The average Bonchev–Trinajstić information content (AvgIpc) is 1.63. The number of carbonyl (C=O) groups is 11. The Kier molecular flexibility index (Phi) is 32.6. The number of nitrogen functional groups attached to an aromatic ring is 1. The zero-order valence-corrected chi connectivity index (χ0v) is 67.8. The van der Waals surface area contributed by atoms with Crippen molar-refractivity contribution in [2.45, 2.75) is 85.6 Å². The molecule has 38 heteroatoms. The molecule has 4 aromatic carbocycles. The minimum Gasteiger partial charge on any atom is -0.696 e. The monoisotopic (exact) mass is 1610 g/mol. The number of hydrogen-bond acceptors (Lipinski definition) is 28. The summed E-state index contributed by atoms with van der Waals surface area (Å²) < 4.78 is 17.9. The number of pyridine rings is 3. The summed E-state index contributed by atoms with van der Waals surface area (Å²) in [6.45, 7) is 13.8. The molecule has 4 aliphatic rings. The van der Waals surface area contributed by atoms with Crippen LogP contribution in [0.4, 0.5) is 5.82 Å². The van der Waals surface area contributed by atoms with E-state index in [1.165, 1.54) is 57.1 Å². The number of aliphatic imine (C=N–C) groups is 1. The molecular weight excluding hydrogens is 1540 g/mol. The Morgan fingerprint density at radius 2 is 0.856 bits per heavy atom. The first-order valence-electron chi connectivity index (χ1n) is 32.6. The Labute approximate surface area is 698 Å². The van der Waals surface area contributed by atoms with Gasteiger partial charge in [-0.15, -0.1) is 10.2 Å². The van der Waals surface area contributed by atoms with E-state index in [9.17, 15) is 52.7 Å². The molecule has 5 atom stereocenters. The third-order valence-corrected chi connectivity index (χ3v) is 16.8. The second-order valence-corrected chi connectivity index (χ2v) is 24.6. The summed E-state index contributed by atoms with van der Waals surface area (Å²) in [5.41, 5.74) is 14.1. The summed E-state index contributed by atoms with van der Waals surface area (Å²) in [6.07, 6.45) is 5.24. The Balaban J connectivity index is 0.000000210. The number of hydrogen-bond donors (Lipinski definition) is 4. The number of aryl methyl sites for hydroxylation is 3. The van der Waals surface area contributed by atoms with E-state index in [1.807, 2.05) is 63.2 Å². The zero-order valence-electron chi connectivity index (χ0n) is 61.5. The van der Waals surface area contributed by atoms with Gasteiger partial charge in [-0.1, -0.05) is 72.1 Å². The number of nitriles is 1. The minimum atomic E-state index is -0.979. The fourth-order valence-corrected chi connectivity index (χ4v) is 10.8. The number of isothiocyanates is 1. The molecule has 0 fully saturated rings. The third-order valence-electron chi connectivity index (χ3n) is 16.1. The van der Waals surface area contributed by atoms with Crippen molar-refractivity contribution in [3.8, 4) is 29.1 Å². The Bertz CT molecular complexity index is 4980. The van der Waals surface area contributed by atoms with Crippen LogP contribution in [-0.4, -0.2) is 178 Å². The van der Waals surface area contributed by atoms with E-state index in [2.05, 4.69) is 80.4 Å². The topological polar surface area (TPSA) is 441 Å². The van der Waals surface area contributed by atoms with Gasteiger partial charge in [-0.05, 0) is 175 Å². The maximum absolute atomic E-state index is 12.8. The molecule has 111 heavy (non-hydrogen) atoms. The number of rotatable bonds is 14. The summed E-state index contributed by atoms with van der Waals surface area (Å²) in [7, 11) is 4.29. The molecule has 0 radical (unpaired) electrons. The predicted molar refractivity (Wildman–Crippen MR) is 406 cm³/mol. The van der Waals surface area contributed by atoms with E-state index in [1.54, 1.807) is 133 Å². The first-order valence-corrected chi connectivity index (χ1v) is 34.2. The largest absolute Gasteiger partial charge is 1.00 e. The smallest absolute Gasteiger partial charge is 0.696 e. The van der Waals surface area contributed by atoms with Crippen LogP contribution in [0.3, 0.4) is 0 Å². The maximum Gasteiger partial charge on any atom is 1.00 e. The number of hydrazine groups is 1. The molecule has 566 valence electrons. The van der Waals surface area contributed by atoms with Crippen molar-refractivity contribution in [1.82, 2.24) is 69.4 Å². The van der Waals surface area contributed by atoms with Crippen molar-refractivity contribution >= 4 is 129 Å². The van der Waals surface area contributed by atoms with Gasteiger partial charge >= 0.3 is 63.4 Å². The van der Waals surface area contributed by atoms with Crippen molar-refractivity contribution in [3.05, 3.63) is 225 Å². The molecule has 6 N–H and O–H groups in total. The van der Waals surface area contributed by atoms with Crippen LogP contribution in [0.25, 0.3) is 11.6 Å². The molecule has 9 aromatic rings. The third kappa shape index (κ3) is 21.0. The molecule has 9 heterocycles. The van der Waals surface area contributed by atoms with E-state index < -0.39 is 76.7 Å². The summed E-state index contributed by atoms with van der Waals surface area (Å²) >= 11 is 18.0. The molecule has 0 bridgehead atoms. The number of thiocyanates is 1. The Morgan fingerprint density at radius 1 is 0.532 bits per heavy atom. The number of nitrogens with zero attached hydrogens (tertiary/aromatic N) is 15. The van der Waals surface area contributed by atoms with Gasteiger partial charge in [-0.3, -0.25) is 77.7 Å². The minimum absolute atomic E-state index is 0. The number of ether oxygens (including phenoxy) is 3. The number of imide groups is 4. The van der Waals surface area contributed by atoms with Crippen molar-refractivity contribution in [2.75, 3.05) is 26.8 Å². The average molecular weight is 1610 g/mol. The first kappa shape index (κ1) is 88.5. The number of aromatic nitrogens is 9. The fourth-order valence-electron chi connectivity index (χ4n) is 10.5. The Hall–Kier alpha value is -11.4. The molecule has 0 saturated carbocycles. The van der Waals surface area contributed by atoms with Crippen LogP contribution in [0.15, 0.2) is 157 Å². The number of anilines is 1. The SMILES string of the molecule is COC(=S)NC(=O)[C@@H](C)N1C(=O)c2ccccc2C1=O.COc1nc([C@@H](C)N)n(-c2ccc(C)cn2)n1.COc1nc([C@@H](C)N2C(=O)c3ccccc3C2=O)n(-c2ccc(C)cn2)n1.C[C@H](C(=O)Cl)N1C(=O)c2ccccc2C1=O.C[C@H](C(=O)N=C=S)N1C(=O)c2ccccc2C1=O.Cc1ccc(NN)nc1.N#C[S-].[K+]. The quantitative estimate of drug-likeness (QED) is 0.0134. The summed E-state index contributed by atoms with van der Waals surface area (Å²) in [5.74, 6) is 3.15. The molecule has 5 aromatic heterocycles. The number of thiocarbonyl (C=S) groups is 2. The number of amides is 10. The van der Waals surface area contributed by atoms with Crippen molar-refractivity contribution < 1.29 is 118 Å². The number of carbonyl (C=O) groups excluding carboxylic acids is 11. The van der Waals surface area contributed by atoms with Crippen LogP contribution in [0.1, 0.15) is 158 Å². The number of methoxy groups -OCH3 is 3. The second kappa shape index (κ2) is 40.9. The van der Waals surface area contributed by atoms with Crippen LogP contribution >= 0.6 is 36.0 Å². The van der Waals surface area contributed by atoms with Gasteiger partial charge in [0.2, 0.25) is 11.1 Å². The number of nitrogens with one attached hydrogen (secondary N) is 2. The van der Waals surface area contributed by atoms with Crippen molar-refractivity contribution in [3.63, 3.8) is 0 Å². The first-order chi connectivity index (χ1) is 52.4. The fraction of sp³-hybridized carbons (Fsp3) is 0.219. The van der Waals surface area contributed by atoms with Crippen LogP contribution in [0.5, 0.6) is 12.0 Å². The van der Waals surface area contributed by atoms with E-state index in [0.717, 1.165) is 31.4 Å². The van der Waals surface area contributed by atoms with Gasteiger partial charge in [0, 0.05) is 18.6 Å². The van der Waals surface area contributed by atoms with Gasteiger partial charge in [0.05, 0.1) is 83.1 Å². The predicted octanol–water partition coefficient (Wildman–Crippen LogP) is 4.49. The molecule has 10 amide bonds. The summed E-state index contributed by atoms with van der Waals surface area (Å²) in [4.78, 5) is 160. The van der Waals surface area contributed by atoms with E-state index in [0.29, 0.717) is 79.6 Å². The molecule has 0 spiro atoms. The maximum atomic E-state index is 12.8. The van der Waals surface area contributed by atoms with Crippen LogP contribution < -0.4 is 83.2 Å². The molecule has 33 nitrogen and oxygen atoms in total. The van der Waals surface area contributed by atoms with Gasteiger partial charge in [-0.2, -0.15) is 24.3 Å². The normalized spacial score (nSPS) is 13.7. The van der Waals surface area contributed by atoms with Gasteiger partial charge in [-0.25, -0.2) is 26.1 Å². The standard InChI is InChI=1S/C19H17N5O3.C13H12N2O4S.C12H8N2O3S.C11H8ClNO3.C11H15N5O.C6H9N3.CHNS.K/c1-11-8-9-15(20-10-11)24-16(21-19(22-24)27-3)12(2)23-17(25)13-6-4-5-7-14(13)18(23)26;1-7(10(16)14-13(20)19-2)15-11(17)8-5-3-4-6-9(8)12(15)18;1-7(10(15)13-6-18)14-11(16)8-4-2-3-5-9(8)12(14)17;1-6(9(12)14)13-10(15)7-4-2-3-5-8(7)11(13)16;1-7-4-5-9(13-6-7)16-10(8(2)12)14-11(15-16)17-3;1-5-2-3-6(9-7)8-4-5;2-1-3;/h4-10,12H,1-3H3;3-7H,1-2H3,(H,14,16,20);2-5,7H,1H3;2-6H,1H3;4-6,8H,12H2,1-3H3;2-4H,7H2,1H3,(H,8,9);3H;/q;;;;;;;+1/p-1/t12-;2*7-;6-;8-;;;/m11111.../s1. The Morgan fingerprint density at radius 3 is 1.15 bits per heavy atom.